The quantitative estimate of drug-likeness (QED) is 0.648. The summed E-state index contributed by atoms with van der Waals surface area (Å²) >= 11 is 5.98. The van der Waals surface area contributed by atoms with Gasteiger partial charge in [-0.25, -0.2) is 0 Å². The van der Waals surface area contributed by atoms with Gasteiger partial charge in [0, 0.05) is 18.2 Å². The van der Waals surface area contributed by atoms with E-state index in [2.05, 4.69) is 5.32 Å². The van der Waals surface area contributed by atoms with Crippen LogP contribution in [0.2, 0.25) is 5.02 Å². The van der Waals surface area contributed by atoms with Crippen LogP contribution in [0.15, 0.2) is 12.1 Å². The van der Waals surface area contributed by atoms with Crippen LogP contribution in [0.5, 0.6) is 0 Å². The van der Waals surface area contributed by atoms with Gasteiger partial charge in [-0.05, 0) is 31.7 Å². The minimum Gasteiger partial charge on any atom is -0.384 e. The van der Waals surface area contributed by atoms with Gasteiger partial charge in [-0.3, -0.25) is 10.1 Å². The Balaban J connectivity index is 2.18. The lowest BCUT2D eigenvalue weighted by molar-refractivity contribution is -0.385. The van der Waals surface area contributed by atoms with Crippen molar-refractivity contribution in [3.8, 4) is 0 Å². The van der Waals surface area contributed by atoms with Crippen molar-refractivity contribution in [3.63, 3.8) is 0 Å². The highest BCUT2D eigenvalue weighted by Gasteiger charge is 2.21. The van der Waals surface area contributed by atoms with E-state index in [0.29, 0.717) is 10.6 Å². The molecule has 1 aliphatic carbocycles. The molecule has 0 aromatic heterocycles. The predicted molar refractivity (Wildman–Crippen MR) is 64.1 cm³/mol. The van der Waals surface area contributed by atoms with Gasteiger partial charge < -0.3 is 5.32 Å². The van der Waals surface area contributed by atoms with E-state index in [0.717, 1.165) is 18.2 Å². The lowest BCUT2D eigenvalue weighted by Gasteiger charge is -2.08. The number of halogens is 1. The summed E-state index contributed by atoms with van der Waals surface area (Å²) in [6.07, 6.45) is 2.52. The second kappa shape index (κ2) is 4.29. The molecule has 1 fully saturated rings. The zero-order chi connectivity index (χ0) is 11.7. The third kappa shape index (κ3) is 2.44. The topological polar surface area (TPSA) is 55.2 Å². The first kappa shape index (κ1) is 11.2. The molecule has 86 valence electrons. The first-order valence-corrected chi connectivity index (χ1v) is 5.64. The SMILES string of the molecule is Cc1cc(NCC2CC2)c(Cl)cc1[N+](=O)[O-]. The number of hydrogen-bond donors (Lipinski definition) is 1. The fraction of sp³-hybridized carbons (Fsp3) is 0.455. The fourth-order valence-electron chi connectivity index (χ4n) is 1.58. The molecule has 0 saturated heterocycles. The Labute approximate surface area is 98.8 Å². The standard InChI is InChI=1S/C11H13ClN2O2/c1-7-4-10(13-6-8-2-3-8)9(12)5-11(7)14(15)16/h4-5,8,13H,2-3,6H2,1H3. The van der Waals surface area contributed by atoms with Crippen molar-refractivity contribution in [2.45, 2.75) is 19.8 Å². The van der Waals surface area contributed by atoms with Crippen LogP contribution in [0, 0.1) is 23.0 Å². The van der Waals surface area contributed by atoms with Gasteiger partial charge in [0.15, 0.2) is 0 Å². The average Bonchev–Trinajstić information content (AvgIpc) is 3.02. The van der Waals surface area contributed by atoms with E-state index < -0.39 is 4.92 Å². The van der Waals surface area contributed by atoms with Crippen LogP contribution >= 0.6 is 11.6 Å². The largest absolute Gasteiger partial charge is 0.384 e. The van der Waals surface area contributed by atoms with Gasteiger partial charge in [0.2, 0.25) is 0 Å². The number of rotatable bonds is 4. The van der Waals surface area contributed by atoms with Gasteiger partial charge in [-0.15, -0.1) is 0 Å². The summed E-state index contributed by atoms with van der Waals surface area (Å²) in [7, 11) is 0. The molecule has 16 heavy (non-hydrogen) atoms. The van der Waals surface area contributed by atoms with E-state index in [9.17, 15) is 10.1 Å². The Morgan fingerprint density at radius 2 is 2.25 bits per heavy atom. The maximum absolute atomic E-state index is 10.7. The van der Waals surface area contributed by atoms with Crippen LogP contribution in [0.3, 0.4) is 0 Å². The molecule has 1 N–H and O–H groups in total. The van der Waals surface area contributed by atoms with Crippen molar-refractivity contribution in [3.05, 3.63) is 32.8 Å². The maximum atomic E-state index is 10.7. The van der Waals surface area contributed by atoms with Crippen LogP contribution in [0.25, 0.3) is 0 Å². The van der Waals surface area contributed by atoms with Crippen molar-refractivity contribution in [1.29, 1.82) is 0 Å². The van der Waals surface area contributed by atoms with E-state index in [4.69, 9.17) is 11.6 Å². The highest BCUT2D eigenvalue weighted by Crippen LogP contribution is 2.33. The minimum atomic E-state index is -0.411. The lowest BCUT2D eigenvalue weighted by Crippen LogP contribution is -2.04. The molecule has 0 radical (unpaired) electrons. The number of hydrogen-bond acceptors (Lipinski definition) is 3. The summed E-state index contributed by atoms with van der Waals surface area (Å²) in [5.41, 5.74) is 1.49. The molecule has 1 aliphatic rings. The number of anilines is 1. The fourth-order valence-corrected chi connectivity index (χ4v) is 1.80. The van der Waals surface area contributed by atoms with Crippen molar-refractivity contribution >= 4 is 23.0 Å². The van der Waals surface area contributed by atoms with Crippen LogP contribution in [-0.2, 0) is 0 Å². The molecular formula is C11H13ClN2O2. The summed E-state index contributed by atoms with van der Waals surface area (Å²) in [4.78, 5) is 10.3. The van der Waals surface area contributed by atoms with Crippen LogP contribution in [0.1, 0.15) is 18.4 Å². The highest BCUT2D eigenvalue weighted by atomic mass is 35.5. The number of benzene rings is 1. The average molecular weight is 241 g/mol. The molecule has 5 heteroatoms. The molecule has 0 bridgehead atoms. The normalized spacial score (nSPS) is 14.9. The number of nitro benzene ring substituents is 1. The maximum Gasteiger partial charge on any atom is 0.273 e. The van der Waals surface area contributed by atoms with Gasteiger partial charge in [0.25, 0.3) is 5.69 Å². The summed E-state index contributed by atoms with van der Waals surface area (Å²) in [6.45, 7) is 2.62. The molecule has 0 spiro atoms. The van der Waals surface area contributed by atoms with Crippen molar-refractivity contribution in [2.75, 3.05) is 11.9 Å². The van der Waals surface area contributed by atoms with E-state index in [1.807, 2.05) is 0 Å². The molecule has 0 atom stereocenters. The molecule has 4 nitrogen and oxygen atoms in total. The second-order valence-corrected chi connectivity index (χ2v) is 4.61. The summed E-state index contributed by atoms with van der Waals surface area (Å²) in [6, 6.07) is 3.15. The van der Waals surface area contributed by atoms with E-state index >= 15 is 0 Å². The molecule has 0 amide bonds. The molecule has 1 saturated carbocycles. The summed E-state index contributed by atoms with van der Waals surface area (Å²) < 4.78 is 0. The van der Waals surface area contributed by atoms with Crippen molar-refractivity contribution < 1.29 is 4.92 Å². The summed E-state index contributed by atoms with van der Waals surface area (Å²) in [5, 5.41) is 14.3. The number of nitro groups is 1. The Morgan fingerprint density at radius 1 is 1.56 bits per heavy atom. The lowest BCUT2D eigenvalue weighted by atomic mass is 10.2. The Morgan fingerprint density at radius 3 is 2.81 bits per heavy atom. The third-order valence-corrected chi connectivity index (χ3v) is 3.07. The predicted octanol–water partition coefficient (Wildman–Crippen LogP) is 3.38. The van der Waals surface area contributed by atoms with Crippen LogP contribution in [0.4, 0.5) is 11.4 Å². The zero-order valence-electron chi connectivity index (χ0n) is 9.00. The second-order valence-electron chi connectivity index (χ2n) is 4.20. The zero-order valence-corrected chi connectivity index (χ0v) is 9.75. The number of aryl methyl sites for hydroxylation is 1. The molecule has 0 heterocycles. The Kier molecular flexibility index (Phi) is 3.01. The first-order valence-electron chi connectivity index (χ1n) is 5.26. The summed E-state index contributed by atoms with van der Waals surface area (Å²) in [5.74, 6) is 0.742. The van der Waals surface area contributed by atoms with E-state index in [1.54, 1.807) is 13.0 Å². The van der Waals surface area contributed by atoms with Gasteiger partial charge in [-0.1, -0.05) is 11.6 Å². The van der Waals surface area contributed by atoms with Gasteiger partial charge in [0.05, 0.1) is 15.6 Å². The monoisotopic (exact) mass is 240 g/mol. The van der Waals surface area contributed by atoms with Crippen LogP contribution in [-0.4, -0.2) is 11.5 Å². The van der Waals surface area contributed by atoms with Crippen molar-refractivity contribution in [1.82, 2.24) is 0 Å². The van der Waals surface area contributed by atoms with Gasteiger partial charge in [-0.2, -0.15) is 0 Å². The number of nitrogens with zero attached hydrogens (tertiary/aromatic N) is 1. The smallest absolute Gasteiger partial charge is 0.273 e. The molecule has 1 aromatic rings. The first-order chi connectivity index (χ1) is 7.58. The molecule has 1 aromatic carbocycles. The highest BCUT2D eigenvalue weighted by molar-refractivity contribution is 6.33. The van der Waals surface area contributed by atoms with Gasteiger partial charge >= 0.3 is 0 Å². The molecular weight excluding hydrogens is 228 g/mol. The minimum absolute atomic E-state index is 0.0713. The molecule has 2 rings (SSSR count). The van der Waals surface area contributed by atoms with E-state index in [1.165, 1.54) is 18.9 Å². The van der Waals surface area contributed by atoms with Crippen LogP contribution < -0.4 is 5.32 Å². The van der Waals surface area contributed by atoms with Crippen molar-refractivity contribution in [2.24, 2.45) is 5.92 Å². The number of nitrogens with one attached hydrogen (secondary N) is 1. The molecule has 0 aliphatic heterocycles. The van der Waals surface area contributed by atoms with E-state index in [-0.39, 0.29) is 5.69 Å². The third-order valence-electron chi connectivity index (χ3n) is 2.76. The Bertz CT molecular complexity index is 430. The Hall–Kier alpha value is -1.29. The molecule has 0 unspecified atom stereocenters. The van der Waals surface area contributed by atoms with Gasteiger partial charge in [0.1, 0.15) is 0 Å².